The van der Waals surface area contributed by atoms with Gasteiger partial charge in [-0.25, -0.2) is 4.79 Å². The highest BCUT2D eigenvalue weighted by molar-refractivity contribution is 5.87. The van der Waals surface area contributed by atoms with Gasteiger partial charge in [0.25, 0.3) is 0 Å². The molecule has 6 nitrogen and oxygen atoms in total. The Bertz CT molecular complexity index is 647. The van der Waals surface area contributed by atoms with E-state index in [1.165, 1.54) is 4.68 Å². The molecular formula is C14H17N3O3. The second-order valence-electron chi connectivity index (χ2n) is 4.72. The molecule has 2 rings (SSSR count). The van der Waals surface area contributed by atoms with Gasteiger partial charge in [-0.1, -0.05) is 0 Å². The number of nitrogens with two attached hydrogens (primary N) is 1. The second kappa shape index (κ2) is 5.24. The zero-order valence-electron chi connectivity index (χ0n) is 11.6. The maximum absolute atomic E-state index is 11.2. The number of carboxylic acids is 1. The normalized spacial score (nSPS) is 10.8. The summed E-state index contributed by atoms with van der Waals surface area (Å²) in [6.07, 6.45) is 0. The minimum absolute atomic E-state index is 0.0366. The molecule has 0 saturated heterocycles. The van der Waals surface area contributed by atoms with Gasteiger partial charge in [0.2, 0.25) is 0 Å². The van der Waals surface area contributed by atoms with Crippen molar-refractivity contribution in [1.29, 1.82) is 0 Å². The number of rotatable bonds is 4. The van der Waals surface area contributed by atoms with E-state index >= 15 is 0 Å². The van der Waals surface area contributed by atoms with Crippen LogP contribution < -0.4 is 10.5 Å². The van der Waals surface area contributed by atoms with Crippen molar-refractivity contribution >= 4 is 11.7 Å². The van der Waals surface area contributed by atoms with Gasteiger partial charge in [0.05, 0.1) is 18.5 Å². The maximum Gasteiger partial charge on any atom is 0.354 e. The molecule has 0 unspecified atom stereocenters. The molecule has 2 aromatic rings. The van der Waals surface area contributed by atoms with Crippen molar-refractivity contribution in [1.82, 2.24) is 9.78 Å². The van der Waals surface area contributed by atoms with E-state index in [0.29, 0.717) is 17.1 Å². The minimum atomic E-state index is -1.00. The Labute approximate surface area is 116 Å². The van der Waals surface area contributed by atoms with Crippen LogP contribution in [0.3, 0.4) is 0 Å². The van der Waals surface area contributed by atoms with Gasteiger partial charge in [-0.15, -0.1) is 0 Å². The lowest BCUT2D eigenvalue weighted by molar-refractivity contribution is 0.0681. The first-order valence-electron chi connectivity index (χ1n) is 6.20. The van der Waals surface area contributed by atoms with Gasteiger partial charge in [-0.2, -0.15) is 5.10 Å². The number of nitrogen functional groups attached to an aromatic ring is 1. The average Bonchev–Trinajstić information content (AvgIpc) is 2.84. The zero-order chi connectivity index (χ0) is 14.9. The number of hydrogen-bond donors (Lipinski definition) is 2. The van der Waals surface area contributed by atoms with Crippen LogP contribution in [-0.4, -0.2) is 28.0 Å². The van der Waals surface area contributed by atoms with Gasteiger partial charge in [0.15, 0.2) is 0 Å². The van der Waals surface area contributed by atoms with Crippen LogP contribution in [0.25, 0.3) is 11.3 Å². The van der Waals surface area contributed by atoms with E-state index in [9.17, 15) is 9.90 Å². The third kappa shape index (κ3) is 2.45. The average molecular weight is 275 g/mol. The topological polar surface area (TPSA) is 90.4 Å². The summed E-state index contributed by atoms with van der Waals surface area (Å²) in [7, 11) is 1.54. The molecule has 3 N–H and O–H groups in total. The van der Waals surface area contributed by atoms with Crippen LogP contribution in [0.4, 0.5) is 5.69 Å². The zero-order valence-corrected chi connectivity index (χ0v) is 11.6. The number of nitrogens with zero attached hydrogens (tertiary/aromatic N) is 2. The van der Waals surface area contributed by atoms with Crippen molar-refractivity contribution in [3.63, 3.8) is 0 Å². The molecule has 0 aliphatic rings. The number of benzene rings is 1. The smallest absolute Gasteiger partial charge is 0.354 e. The van der Waals surface area contributed by atoms with Crippen LogP contribution in [0, 0.1) is 0 Å². The molecule has 20 heavy (non-hydrogen) atoms. The number of aromatic nitrogens is 2. The Morgan fingerprint density at radius 2 is 2.10 bits per heavy atom. The molecule has 0 aliphatic heterocycles. The summed E-state index contributed by atoms with van der Waals surface area (Å²) >= 11 is 0. The van der Waals surface area contributed by atoms with Gasteiger partial charge >= 0.3 is 5.97 Å². The summed E-state index contributed by atoms with van der Waals surface area (Å²) in [6, 6.07) is 6.76. The molecule has 0 amide bonds. The van der Waals surface area contributed by atoms with Crippen molar-refractivity contribution in [3.05, 3.63) is 30.0 Å². The molecule has 1 aromatic carbocycles. The molecule has 0 aliphatic carbocycles. The molecule has 0 fully saturated rings. The third-order valence-corrected chi connectivity index (χ3v) is 2.97. The molecule has 106 valence electrons. The standard InChI is InChI=1S/C14H17N3O3/c1-8(2)17-12(14(18)19)7-11(16-17)9-4-5-13(20-3)10(15)6-9/h4-8H,15H2,1-3H3,(H,18,19). The van der Waals surface area contributed by atoms with E-state index in [0.717, 1.165) is 5.56 Å². The van der Waals surface area contributed by atoms with Crippen molar-refractivity contribution < 1.29 is 14.6 Å². The first-order chi connectivity index (χ1) is 9.43. The number of anilines is 1. The van der Waals surface area contributed by atoms with Gasteiger partial charge < -0.3 is 15.6 Å². The highest BCUT2D eigenvalue weighted by atomic mass is 16.5. The van der Waals surface area contributed by atoms with E-state index in [4.69, 9.17) is 10.5 Å². The number of methoxy groups -OCH3 is 1. The Morgan fingerprint density at radius 1 is 1.40 bits per heavy atom. The molecule has 0 radical (unpaired) electrons. The van der Waals surface area contributed by atoms with Gasteiger partial charge in [0, 0.05) is 11.6 Å². The van der Waals surface area contributed by atoms with Crippen molar-refractivity contribution in [3.8, 4) is 17.0 Å². The molecule has 0 saturated carbocycles. The Balaban J connectivity index is 2.50. The number of carbonyl (C=O) groups is 1. The number of aromatic carboxylic acids is 1. The van der Waals surface area contributed by atoms with Gasteiger partial charge in [-0.3, -0.25) is 4.68 Å². The summed E-state index contributed by atoms with van der Waals surface area (Å²) in [6.45, 7) is 3.76. The van der Waals surface area contributed by atoms with Gasteiger partial charge in [0.1, 0.15) is 11.4 Å². The molecule has 0 spiro atoms. The maximum atomic E-state index is 11.2. The van der Waals surface area contributed by atoms with Crippen LogP contribution in [0.2, 0.25) is 0 Å². The van der Waals surface area contributed by atoms with E-state index < -0.39 is 5.97 Å². The summed E-state index contributed by atoms with van der Waals surface area (Å²) in [5.41, 5.74) is 7.83. The lowest BCUT2D eigenvalue weighted by Crippen LogP contribution is -2.11. The molecule has 1 heterocycles. The van der Waals surface area contributed by atoms with Crippen molar-refractivity contribution in [2.45, 2.75) is 19.9 Å². The summed E-state index contributed by atoms with van der Waals surface area (Å²) < 4.78 is 6.58. The summed E-state index contributed by atoms with van der Waals surface area (Å²) in [5, 5.41) is 13.5. The van der Waals surface area contributed by atoms with E-state index in [2.05, 4.69) is 5.10 Å². The number of hydrogen-bond acceptors (Lipinski definition) is 4. The number of carboxylic acid groups (broad SMARTS) is 1. The first kappa shape index (κ1) is 13.9. The quantitative estimate of drug-likeness (QED) is 0.836. The minimum Gasteiger partial charge on any atom is -0.495 e. The van der Waals surface area contributed by atoms with Crippen LogP contribution in [-0.2, 0) is 0 Å². The molecular weight excluding hydrogens is 258 g/mol. The molecule has 0 atom stereocenters. The SMILES string of the molecule is COc1ccc(-c2cc(C(=O)O)n(C(C)C)n2)cc1N. The highest BCUT2D eigenvalue weighted by Gasteiger charge is 2.17. The first-order valence-corrected chi connectivity index (χ1v) is 6.20. The van der Waals surface area contributed by atoms with Crippen LogP contribution in [0.1, 0.15) is 30.4 Å². The lowest BCUT2D eigenvalue weighted by atomic mass is 10.1. The van der Waals surface area contributed by atoms with Crippen molar-refractivity contribution in [2.24, 2.45) is 0 Å². The lowest BCUT2D eigenvalue weighted by Gasteiger charge is -2.07. The third-order valence-electron chi connectivity index (χ3n) is 2.97. The largest absolute Gasteiger partial charge is 0.495 e. The highest BCUT2D eigenvalue weighted by Crippen LogP contribution is 2.28. The predicted octanol–water partition coefficient (Wildman–Crippen LogP) is 2.42. The summed E-state index contributed by atoms with van der Waals surface area (Å²) in [5.74, 6) is -0.422. The van der Waals surface area contributed by atoms with Crippen LogP contribution in [0.15, 0.2) is 24.3 Å². The van der Waals surface area contributed by atoms with Crippen LogP contribution >= 0.6 is 0 Å². The van der Waals surface area contributed by atoms with E-state index in [-0.39, 0.29) is 11.7 Å². The van der Waals surface area contributed by atoms with Crippen LogP contribution in [0.5, 0.6) is 5.75 Å². The fraction of sp³-hybridized carbons (Fsp3) is 0.286. The van der Waals surface area contributed by atoms with E-state index in [1.54, 1.807) is 31.4 Å². The molecule has 1 aromatic heterocycles. The monoisotopic (exact) mass is 275 g/mol. The van der Waals surface area contributed by atoms with Crippen molar-refractivity contribution in [2.75, 3.05) is 12.8 Å². The fourth-order valence-corrected chi connectivity index (χ4v) is 1.98. The summed E-state index contributed by atoms with van der Waals surface area (Å²) in [4.78, 5) is 11.2. The fourth-order valence-electron chi connectivity index (χ4n) is 1.98. The Kier molecular flexibility index (Phi) is 3.65. The van der Waals surface area contributed by atoms with Gasteiger partial charge in [-0.05, 0) is 38.1 Å². The molecule has 6 heteroatoms. The predicted molar refractivity (Wildman–Crippen MR) is 76.0 cm³/mol. The Morgan fingerprint density at radius 3 is 2.55 bits per heavy atom. The number of ether oxygens (including phenoxy) is 1. The molecule has 0 bridgehead atoms. The Hall–Kier alpha value is -2.50. The second-order valence-corrected chi connectivity index (χ2v) is 4.72. The van der Waals surface area contributed by atoms with E-state index in [1.807, 2.05) is 13.8 Å².